The number of halogens is 1. The third-order valence-corrected chi connectivity index (χ3v) is 2.50. The first-order chi connectivity index (χ1) is 9.31. The molecule has 0 aliphatic rings. The molecule has 0 bridgehead atoms. The van der Waals surface area contributed by atoms with Gasteiger partial charge in [0.1, 0.15) is 5.56 Å². The number of rotatable bonds is 5. The molecule has 1 aromatic rings. The number of hydrogen-bond donors (Lipinski definition) is 2. The lowest BCUT2D eigenvalue weighted by molar-refractivity contribution is -0.385. The highest BCUT2D eigenvalue weighted by atomic mass is 35.5. The van der Waals surface area contributed by atoms with Crippen molar-refractivity contribution in [2.75, 3.05) is 6.54 Å². The van der Waals surface area contributed by atoms with E-state index in [4.69, 9.17) is 11.6 Å². The summed E-state index contributed by atoms with van der Waals surface area (Å²) in [7, 11) is 0. The average molecular weight is 300 g/mol. The molecule has 1 aromatic carbocycles. The molecule has 1 rings (SSSR count). The molecule has 0 aromatic heterocycles. The zero-order valence-corrected chi connectivity index (χ0v) is 11.7. The highest BCUT2D eigenvalue weighted by molar-refractivity contribution is 6.31. The van der Waals surface area contributed by atoms with Crippen molar-refractivity contribution in [3.8, 4) is 0 Å². The van der Waals surface area contributed by atoms with Crippen LogP contribution in [0.4, 0.5) is 5.69 Å². The largest absolute Gasteiger partial charge is 0.352 e. The molecule has 0 aliphatic heterocycles. The number of nitro groups is 1. The predicted octanol–water partition coefficient (Wildman–Crippen LogP) is 1.50. The van der Waals surface area contributed by atoms with E-state index in [9.17, 15) is 19.7 Å². The van der Waals surface area contributed by atoms with Gasteiger partial charge in [0, 0.05) is 17.1 Å². The number of carbonyl (C=O) groups excluding carboxylic acids is 2. The molecule has 2 amide bonds. The Balaban J connectivity index is 2.78. The Kier molecular flexibility index (Phi) is 5.45. The molecule has 0 saturated carbocycles. The van der Waals surface area contributed by atoms with Crippen LogP contribution in [0, 0.1) is 10.1 Å². The Labute approximate surface area is 120 Å². The summed E-state index contributed by atoms with van der Waals surface area (Å²) in [6.07, 6.45) is 0. The Bertz CT molecular complexity index is 546. The molecule has 0 aliphatic carbocycles. The highest BCUT2D eigenvalue weighted by Gasteiger charge is 2.20. The monoisotopic (exact) mass is 299 g/mol. The summed E-state index contributed by atoms with van der Waals surface area (Å²) in [5, 5.41) is 15.9. The molecule has 0 saturated heterocycles. The predicted molar refractivity (Wildman–Crippen MR) is 73.7 cm³/mol. The van der Waals surface area contributed by atoms with Crippen molar-refractivity contribution in [3.63, 3.8) is 0 Å². The molecule has 20 heavy (non-hydrogen) atoms. The van der Waals surface area contributed by atoms with Crippen molar-refractivity contribution >= 4 is 29.1 Å². The Morgan fingerprint density at radius 2 is 2.05 bits per heavy atom. The van der Waals surface area contributed by atoms with Gasteiger partial charge in [0.2, 0.25) is 5.91 Å². The highest BCUT2D eigenvalue weighted by Crippen LogP contribution is 2.22. The number of benzene rings is 1. The van der Waals surface area contributed by atoms with Gasteiger partial charge in [-0.2, -0.15) is 0 Å². The molecule has 0 spiro atoms. The summed E-state index contributed by atoms with van der Waals surface area (Å²) in [4.78, 5) is 33.4. The fourth-order valence-corrected chi connectivity index (χ4v) is 1.64. The Morgan fingerprint density at radius 1 is 1.40 bits per heavy atom. The number of nitrogens with one attached hydrogen (secondary N) is 2. The second kappa shape index (κ2) is 6.85. The van der Waals surface area contributed by atoms with E-state index in [1.165, 1.54) is 12.1 Å². The van der Waals surface area contributed by atoms with E-state index < -0.39 is 16.5 Å². The molecule has 0 radical (unpaired) electrons. The van der Waals surface area contributed by atoms with Gasteiger partial charge in [-0.3, -0.25) is 19.7 Å². The fraction of sp³-hybridized carbons (Fsp3) is 0.333. The third-order valence-electron chi connectivity index (χ3n) is 2.26. The van der Waals surface area contributed by atoms with E-state index in [0.717, 1.165) is 6.07 Å². The Hall–Kier alpha value is -2.15. The van der Waals surface area contributed by atoms with Crippen LogP contribution in [0.2, 0.25) is 5.02 Å². The van der Waals surface area contributed by atoms with E-state index in [1.54, 1.807) is 13.8 Å². The van der Waals surface area contributed by atoms with Gasteiger partial charge in [-0.05, 0) is 26.0 Å². The third kappa shape index (κ3) is 4.51. The normalized spacial score (nSPS) is 10.2. The Morgan fingerprint density at radius 3 is 2.60 bits per heavy atom. The van der Waals surface area contributed by atoms with Gasteiger partial charge in [0.15, 0.2) is 0 Å². The van der Waals surface area contributed by atoms with Crippen LogP contribution in [-0.2, 0) is 4.79 Å². The van der Waals surface area contributed by atoms with Gasteiger partial charge in [-0.15, -0.1) is 0 Å². The van der Waals surface area contributed by atoms with E-state index >= 15 is 0 Å². The molecular formula is C12H14ClN3O4. The molecular weight excluding hydrogens is 286 g/mol. The van der Waals surface area contributed by atoms with Crippen LogP contribution in [-0.4, -0.2) is 29.3 Å². The molecule has 7 nitrogen and oxygen atoms in total. The van der Waals surface area contributed by atoms with Crippen LogP contribution in [0.3, 0.4) is 0 Å². The molecule has 0 heterocycles. The smallest absolute Gasteiger partial charge is 0.283 e. The van der Waals surface area contributed by atoms with E-state index in [2.05, 4.69) is 10.6 Å². The first-order valence-corrected chi connectivity index (χ1v) is 6.20. The lowest BCUT2D eigenvalue weighted by Gasteiger charge is -2.09. The lowest BCUT2D eigenvalue weighted by atomic mass is 10.1. The van der Waals surface area contributed by atoms with Crippen molar-refractivity contribution in [1.82, 2.24) is 10.6 Å². The number of hydrogen-bond acceptors (Lipinski definition) is 4. The first kappa shape index (κ1) is 15.9. The topological polar surface area (TPSA) is 101 Å². The van der Waals surface area contributed by atoms with Crippen LogP contribution < -0.4 is 10.6 Å². The fourth-order valence-electron chi connectivity index (χ4n) is 1.48. The maximum atomic E-state index is 11.8. The van der Waals surface area contributed by atoms with Gasteiger partial charge < -0.3 is 10.6 Å². The second-order valence-electron chi connectivity index (χ2n) is 4.32. The van der Waals surface area contributed by atoms with Crippen molar-refractivity contribution in [2.45, 2.75) is 19.9 Å². The minimum absolute atomic E-state index is 0.0516. The summed E-state index contributed by atoms with van der Waals surface area (Å²) in [5.41, 5.74) is -0.545. The SMILES string of the molecule is CC(C)NC(=O)CNC(=O)c1ccc(Cl)cc1[N+](=O)[O-]. The minimum Gasteiger partial charge on any atom is -0.352 e. The van der Waals surface area contributed by atoms with Crippen molar-refractivity contribution in [3.05, 3.63) is 38.9 Å². The number of carbonyl (C=O) groups is 2. The van der Waals surface area contributed by atoms with Gasteiger partial charge in [-0.1, -0.05) is 11.6 Å². The van der Waals surface area contributed by atoms with Gasteiger partial charge in [0.05, 0.1) is 11.5 Å². The molecule has 0 unspecified atom stereocenters. The minimum atomic E-state index is -0.702. The molecule has 108 valence electrons. The maximum absolute atomic E-state index is 11.8. The van der Waals surface area contributed by atoms with E-state index in [1.807, 2.05) is 0 Å². The molecule has 2 N–H and O–H groups in total. The standard InChI is InChI=1S/C12H14ClN3O4/c1-7(2)15-11(17)6-14-12(18)9-4-3-8(13)5-10(9)16(19)20/h3-5,7H,6H2,1-2H3,(H,14,18)(H,15,17). The average Bonchev–Trinajstić information content (AvgIpc) is 2.35. The van der Waals surface area contributed by atoms with Crippen LogP contribution in [0.15, 0.2) is 18.2 Å². The molecule has 0 atom stereocenters. The molecule has 0 fully saturated rings. The van der Waals surface area contributed by atoms with E-state index in [-0.39, 0.29) is 29.1 Å². The second-order valence-corrected chi connectivity index (χ2v) is 4.76. The van der Waals surface area contributed by atoms with Gasteiger partial charge in [-0.25, -0.2) is 0 Å². The number of nitro benzene ring substituents is 1. The maximum Gasteiger partial charge on any atom is 0.283 e. The van der Waals surface area contributed by atoms with E-state index in [0.29, 0.717) is 0 Å². The van der Waals surface area contributed by atoms with Crippen molar-refractivity contribution in [2.24, 2.45) is 0 Å². The summed E-state index contributed by atoms with van der Waals surface area (Å²) in [6.45, 7) is 3.31. The van der Waals surface area contributed by atoms with Crippen LogP contribution >= 0.6 is 11.6 Å². The van der Waals surface area contributed by atoms with Gasteiger partial charge in [0.25, 0.3) is 11.6 Å². The molecule has 8 heteroatoms. The summed E-state index contributed by atoms with van der Waals surface area (Å²) < 4.78 is 0. The van der Waals surface area contributed by atoms with Gasteiger partial charge >= 0.3 is 0 Å². The van der Waals surface area contributed by atoms with Crippen LogP contribution in [0.1, 0.15) is 24.2 Å². The zero-order chi connectivity index (χ0) is 15.3. The summed E-state index contributed by atoms with van der Waals surface area (Å²) in [5.74, 6) is -1.07. The number of nitrogens with zero attached hydrogens (tertiary/aromatic N) is 1. The summed E-state index contributed by atoms with van der Waals surface area (Å²) >= 11 is 5.65. The zero-order valence-electron chi connectivity index (χ0n) is 11.0. The van der Waals surface area contributed by atoms with Crippen molar-refractivity contribution < 1.29 is 14.5 Å². The summed E-state index contributed by atoms with van der Waals surface area (Å²) in [6, 6.07) is 3.66. The first-order valence-electron chi connectivity index (χ1n) is 5.82. The quantitative estimate of drug-likeness (QED) is 0.635. The van der Waals surface area contributed by atoms with Crippen LogP contribution in [0.5, 0.6) is 0 Å². The number of amides is 2. The van der Waals surface area contributed by atoms with Crippen molar-refractivity contribution in [1.29, 1.82) is 0 Å². The van der Waals surface area contributed by atoms with Crippen LogP contribution in [0.25, 0.3) is 0 Å². The lowest BCUT2D eigenvalue weighted by Crippen LogP contribution is -2.39.